The van der Waals surface area contributed by atoms with E-state index >= 15 is 0 Å². The topological polar surface area (TPSA) is 90.3 Å². The molecule has 0 aliphatic heterocycles. The van der Waals surface area contributed by atoms with E-state index in [1.165, 1.54) is 12.4 Å². The average molecular weight is 204 g/mol. The smallest absolute Gasteiger partial charge is 0.278 e. The number of amides is 1. The molecule has 6 heteroatoms. The molecule has 0 unspecified atom stereocenters. The molecule has 0 radical (unpaired) electrons. The zero-order valence-corrected chi connectivity index (χ0v) is 7.75. The van der Waals surface area contributed by atoms with Crippen LogP contribution in [0, 0.1) is 0 Å². The van der Waals surface area contributed by atoms with Gasteiger partial charge in [0.1, 0.15) is 0 Å². The van der Waals surface area contributed by atoms with Crippen molar-refractivity contribution in [2.24, 2.45) is 5.73 Å². The van der Waals surface area contributed by atoms with Crippen LogP contribution in [0.15, 0.2) is 29.3 Å². The van der Waals surface area contributed by atoms with E-state index in [0.29, 0.717) is 5.65 Å². The predicted molar refractivity (Wildman–Crippen MR) is 52.2 cm³/mol. The molecule has 0 spiro atoms. The first-order valence-corrected chi connectivity index (χ1v) is 4.29. The van der Waals surface area contributed by atoms with Gasteiger partial charge in [-0.3, -0.25) is 9.59 Å². The van der Waals surface area contributed by atoms with Gasteiger partial charge >= 0.3 is 0 Å². The van der Waals surface area contributed by atoms with Crippen LogP contribution in [0.1, 0.15) is 5.56 Å². The van der Waals surface area contributed by atoms with Gasteiger partial charge in [-0.25, -0.2) is 4.98 Å². The second-order valence-electron chi connectivity index (χ2n) is 3.03. The molecule has 2 N–H and O–H groups in total. The zero-order chi connectivity index (χ0) is 10.8. The number of hydrogen-bond donors (Lipinski definition) is 1. The normalized spacial score (nSPS) is 10.4. The fourth-order valence-electron chi connectivity index (χ4n) is 1.26. The van der Waals surface area contributed by atoms with Gasteiger partial charge in [-0.05, 0) is 12.1 Å². The fraction of sp³-hybridized carbons (Fsp3) is 0.111. The van der Waals surface area contributed by atoms with Gasteiger partial charge in [-0.2, -0.15) is 9.61 Å². The summed E-state index contributed by atoms with van der Waals surface area (Å²) in [5.74, 6) is -0.565. The van der Waals surface area contributed by atoms with Gasteiger partial charge in [0.2, 0.25) is 5.91 Å². The lowest BCUT2D eigenvalue weighted by atomic mass is 10.2. The van der Waals surface area contributed by atoms with Crippen LogP contribution < -0.4 is 11.3 Å². The van der Waals surface area contributed by atoms with E-state index < -0.39 is 5.91 Å². The number of hydrogen-bond acceptors (Lipinski definition) is 4. The first-order valence-electron chi connectivity index (χ1n) is 4.29. The molecular weight excluding hydrogens is 196 g/mol. The molecule has 0 bridgehead atoms. The van der Waals surface area contributed by atoms with Crippen molar-refractivity contribution in [2.45, 2.75) is 6.42 Å². The summed E-state index contributed by atoms with van der Waals surface area (Å²) in [6.07, 6.45) is 2.71. The number of fused-ring (bicyclic) bond motifs is 1. The van der Waals surface area contributed by atoms with Crippen LogP contribution in [0.4, 0.5) is 0 Å². The van der Waals surface area contributed by atoms with Crippen LogP contribution in [0.3, 0.4) is 0 Å². The fourth-order valence-corrected chi connectivity index (χ4v) is 1.26. The average Bonchev–Trinajstić information content (AvgIpc) is 2.22. The van der Waals surface area contributed by atoms with E-state index in [-0.39, 0.29) is 17.5 Å². The van der Waals surface area contributed by atoms with Gasteiger partial charge < -0.3 is 5.73 Å². The molecule has 76 valence electrons. The largest absolute Gasteiger partial charge is 0.369 e. The third kappa shape index (κ3) is 1.69. The molecule has 0 aromatic carbocycles. The summed E-state index contributed by atoms with van der Waals surface area (Å²) in [4.78, 5) is 26.4. The van der Waals surface area contributed by atoms with Gasteiger partial charge in [0, 0.05) is 18.0 Å². The van der Waals surface area contributed by atoms with Crippen LogP contribution in [0.2, 0.25) is 0 Å². The third-order valence-corrected chi connectivity index (χ3v) is 1.91. The number of primary amides is 1. The van der Waals surface area contributed by atoms with E-state index in [2.05, 4.69) is 10.1 Å². The molecule has 15 heavy (non-hydrogen) atoms. The van der Waals surface area contributed by atoms with Crippen molar-refractivity contribution in [3.63, 3.8) is 0 Å². The molecule has 0 saturated carbocycles. The van der Waals surface area contributed by atoms with Gasteiger partial charge in [-0.15, -0.1) is 0 Å². The highest BCUT2D eigenvalue weighted by atomic mass is 16.1. The Labute approximate surface area is 84.4 Å². The van der Waals surface area contributed by atoms with Crippen molar-refractivity contribution < 1.29 is 4.79 Å². The Bertz CT molecular complexity index is 576. The monoisotopic (exact) mass is 204 g/mol. The molecule has 2 aromatic rings. The summed E-state index contributed by atoms with van der Waals surface area (Å²) < 4.78 is 1.14. The second kappa shape index (κ2) is 3.49. The van der Waals surface area contributed by atoms with Gasteiger partial charge in [0.25, 0.3) is 5.56 Å². The Morgan fingerprint density at radius 1 is 1.53 bits per heavy atom. The van der Waals surface area contributed by atoms with E-state index in [4.69, 9.17) is 5.73 Å². The number of nitrogens with two attached hydrogens (primary N) is 1. The first-order chi connectivity index (χ1) is 7.18. The highest BCUT2D eigenvalue weighted by Crippen LogP contribution is 1.95. The number of rotatable bonds is 2. The molecule has 0 fully saturated rings. The zero-order valence-electron chi connectivity index (χ0n) is 7.75. The van der Waals surface area contributed by atoms with Crippen LogP contribution >= 0.6 is 0 Å². The van der Waals surface area contributed by atoms with Crippen LogP contribution in [0.5, 0.6) is 0 Å². The number of nitrogens with zero attached hydrogens (tertiary/aromatic N) is 3. The molecule has 0 saturated heterocycles. The molecule has 6 nitrogen and oxygen atoms in total. The summed E-state index contributed by atoms with van der Waals surface area (Å²) in [5, 5.41) is 3.84. The number of carbonyl (C=O) groups is 1. The van der Waals surface area contributed by atoms with Crippen LogP contribution in [-0.2, 0) is 11.2 Å². The maximum Gasteiger partial charge on any atom is 0.278 e. The minimum atomic E-state index is -0.565. The Morgan fingerprint density at radius 2 is 2.33 bits per heavy atom. The minimum absolute atomic E-state index is 0.120. The van der Waals surface area contributed by atoms with E-state index in [1.54, 1.807) is 12.1 Å². The van der Waals surface area contributed by atoms with Crippen molar-refractivity contribution in [1.82, 2.24) is 14.6 Å². The molecule has 2 heterocycles. The van der Waals surface area contributed by atoms with Crippen molar-refractivity contribution in [3.8, 4) is 0 Å². The summed E-state index contributed by atoms with van der Waals surface area (Å²) in [6, 6.07) is 3.33. The lowest BCUT2D eigenvalue weighted by Gasteiger charge is -2.00. The van der Waals surface area contributed by atoms with Crippen molar-refractivity contribution in [1.29, 1.82) is 0 Å². The molecule has 0 aliphatic carbocycles. The summed E-state index contributed by atoms with van der Waals surface area (Å²) in [7, 11) is 0. The summed E-state index contributed by atoms with van der Waals surface area (Å²) in [5.41, 5.74) is 5.33. The highest BCUT2D eigenvalue weighted by molar-refractivity contribution is 5.76. The standard InChI is InChI=1S/C9H8N4O2/c10-7(14)4-6-5-11-8-2-1-3-12-13(8)9(6)15/h1-3,5H,4H2,(H2,10,14). The van der Waals surface area contributed by atoms with Crippen LogP contribution in [0.25, 0.3) is 5.65 Å². The summed E-state index contributed by atoms with van der Waals surface area (Å²) in [6.45, 7) is 0. The quantitative estimate of drug-likeness (QED) is 0.687. The van der Waals surface area contributed by atoms with Crippen molar-refractivity contribution in [2.75, 3.05) is 0 Å². The molecular formula is C9H8N4O2. The Kier molecular flexibility index (Phi) is 2.17. The van der Waals surface area contributed by atoms with Crippen LogP contribution in [-0.4, -0.2) is 20.5 Å². The lowest BCUT2D eigenvalue weighted by molar-refractivity contribution is -0.117. The second-order valence-corrected chi connectivity index (χ2v) is 3.03. The van der Waals surface area contributed by atoms with Gasteiger partial charge in [0.15, 0.2) is 5.65 Å². The van der Waals surface area contributed by atoms with E-state index in [1.807, 2.05) is 0 Å². The maximum atomic E-state index is 11.7. The molecule has 0 aliphatic rings. The SMILES string of the molecule is NC(=O)Cc1cnc2cccnn2c1=O. The highest BCUT2D eigenvalue weighted by Gasteiger charge is 2.07. The molecule has 0 atom stereocenters. The maximum absolute atomic E-state index is 11.7. The Morgan fingerprint density at radius 3 is 3.07 bits per heavy atom. The molecule has 2 aromatic heterocycles. The predicted octanol–water partition coefficient (Wildman–Crippen LogP) is -0.883. The lowest BCUT2D eigenvalue weighted by Crippen LogP contribution is -2.25. The van der Waals surface area contributed by atoms with Gasteiger partial charge in [-0.1, -0.05) is 0 Å². The Balaban J connectivity index is 2.65. The van der Waals surface area contributed by atoms with E-state index in [0.717, 1.165) is 4.52 Å². The van der Waals surface area contributed by atoms with Gasteiger partial charge in [0.05, 0.1) is 6.42 Å². The number of aromatic nitrogens is 3. The molecule has 2 rings (SSSR count). The molecule has 1 amide bonds. The number of carbonyl (C=O) groups excluding carboxylic acids is 1. The summed E-state index contributed by atoms with van der Waals surface area (Å²) >= 11 is 0. The third-order valence-electron chi connectivity index (χ3n) is 1.91. The minimum Gasteiger partial charge on any atom is -0.369 e. The first kappa shape index (κ1) is 9.32. The van der Waals surface area contributed by atoms with E-state index in [9.17, 15) is 9.59 Å². The Hall–Kier alpha value is -2.24. The van der Waals surface area contributed by atoms with Crippen molar-refractivity contribution >= 4 is 11.6 Å². The van der Waals surface area contributed by atoms with Crippen molar-refractivity contribution in [3.05, 3.63) is 40.4 Å².